The van der Waals surface area contributed by atoms with Gasteiger partial charge in [-0.2, -0.15) is 20.1 Å². The fraction of sp³-hybridized carbons (Fsp3) is 0.0952. The maximum Gasteiger partial charge on any atom is 0.292 e. The highest BCUT2D eigenvalue weighted by molar-refractivity contribution is 6.30. The maximum absolute atomic E-state index is 12.6. The van der Waals surface area contributed by atoms with Crippen molar-refractivity contribution in [1.29, 1.82) is 5.26 Å². The van der Waals surface area contributed by atoms with Crippen LogP contribution in [0.15, 0.2) is 58.4 Å². The highest BCUT2D eigenvalue weighted by Crippen LogP contribution is 2.14. The van der Waals surface area contributed by atoms with Crippen LogP contribution in [0.1, 0.15) is 27.2 Å². The number of ether oxygens (including phenoxy) is 1. The molecular formula is C21H16ClN5O3. The monoisotopic (exact) mass is 421 g/mol. The molecule has 0 saturated carbocycles. The molecule has 0 atom stereocenters. The van der Waals surface area contributed by atoms with Crippen LogP contribution in [-0.2, 0) is 0 Å². The van der Waals surface area contributed by atoms with Gasteiger partial charge in [0.05, 0.1) is 19.0 Å². The Bertz CT molecular complexity index is 1230. The molecule has 8 nitrogen and oxygen atoms in total. The lowest BCUT2D eigenvalue weighted by atomic mass is 10.1. The van der Waals surface area contributed by atoms with Crippen LogP contribution in [0.4, 0.5) is 0 Å². The van der Waals surface area contributed by atoms with Gasteiger partial charge in [-0.3, -0.25) is 9.59 Å². The van der Waals surface area contributed by atoms with Crippen molar-refractivity contribution in [2.75, 3.05) is 7.11 Å². The van der Waals surface area contributed by atoms with E-state index in [1.54, 1.807) is 55.6 Å². The summed E-state index contributed by atoms with van der Waals surface area (Å²) in [6.45, 7) is 1.49. The molecule has 30 heavy (non-hydrogen) atoms. The van der Waals surface area contributed by atoms with Crippen molar-refractivity contribution in [3.05, 3.63) is 86.3 Å². The first-order valence-electron chi connectivity index (χ1n) is 8.72. The van der Waals surface area contributed by atoms with Crippen LogP contribution >= 0.6 is 11.6 Å². The average Bonchev–Trinajstić information content (AvgIpc) is 2.75. The fourth-order valence-electron chi connectivity index (χ4n) is 2.65. The van der Waals surface area contributed by atoms with Gasteiger partial charge in [0.2, 0.25) is 0 Å². The zero-order chi connectivity index (χ0) is 21.7. The number of methoxy groups -OCH3 is 1. The summed E-state index contributed by atoms with van der Waals surface area (Å²) in [5.74, 6) is -0.0117. The molecule has 1 aromatic heterocycles. The van der Waals surface area contributed by atoms with Crippen LogP contribution < -0.4 is 15.7 Å². The molecule has 0 aliphatic rings. The van der Waals surface area contributed by atoms with Gasteiger partial charge < -0.3 is 4.74 Å². The molecule has 0 aliphatic carbocycles. The Morgan fingerprint density at radius 1 is 1.30 bits per heavy atom. The van der Waals surface area contributed by atoms with E-state index in [1.165, 1.54) is 13.1 Å². The number of rotatable bonds is 5. The molecule has 0 radical (unpaired) electrons. The lowest BCUT2D eigenvalue weighted by molar-refractivity contribution is 0.0947. The van der Waals surface area contributed by atoms with Gasteiger partial charge in [0.25, 0.3) is 11.5 Å². The maximum atomic E-state index is 12.6. The Balaban J connectivity index is 1.94. The largest absolute Gasteiger partial charge is 0.497 e. The highest BCUT2D eigenvalue weighted by atomic mass is 35.5. The van der Waals surface area contributed by atoms with Gasteiger partial charge in [-0.25, -0.2) is 5.43 Å². The van der Waals surface area contributed by atoms with E-state index in [4.69, 9.17) is 16.3 Å². The number of nitrogens with zero attached hydrogens (tertiary/aromatic N) is 4. The van der Waals surface area contributed by atoms with Gasteiger partial charge in [0, 0.05) is 10.6 Å². The van der Waals surface area contributed by atoms with Gasteiger partial charge in [0.15, 0.2) is 5.69 Å². The lowest BCUT2D eigenvalue weighted by Crippen LogP contribution is -2.31. The summed E-state index contributed by atoms with van der Waals surface area (Å²) in [7, 11) is 1.55. The molecule has 3 rings (SSSR count). The number of halogens is 1. The number of benzene rings is 2. The zero-order valence-corrected chi connectivity index (χ0v) is 16.8. The topological polar surface area (TPSA) is 109 Å². The fourth-order valence-corrected chi connectivity index (χ4v) is 2.78. The molecule has 0 saturated heterocycles. The van der Waals surface area contributed by atoms with Crippen LogP contribution in [0.3, 0.4) is 0 Å². The molecule has 1 amide bonds. The number of amides is 1. The van der Waals surface area contributed by atoms with Crippen molar-refractivity contribution in [2.24, 2.45) is 5.10 Å². The molecule has 1 heterocycles. The number of aromatic nitrogens is 2. The van der Waals surface area contributed by atoms with Crippen LogP contribution in [-0.4, -0.2) is 29.0 Å². The first-order chi connectivity index (χ1) is 14.4. The minimum Gasteiger partial charge on any atom is -0.497 e. The predicted octanol–water partition coefficient (Wildman–Crippen LogP) is 2.84. The van der Waals surface area contributed by atoms with Gasteiger partial charge in [0.1, 0.15) is 17.4 Å². The van der Waals surface area contributed by atoms with Gasteiger partial charge in [-0.15, -0.1) is 0 Å². The summed E-state index contributed by atoms with van der Waals surface area (Å²) in [6.07, 6.45) is 1.44. The van der Waals surface area contributed by atoms with Crippen molar-refractivity contribution in [3.63, 3.8) is 0 Å². The molecule has 0 unspecified atom stereocenters. The SMILES string of the molecule is COc1cccc(/C=N/NC(=O)c2nn(-c3ccc(Cl)cc3)c(=O)c(C#N)c2C)c1. The van der Waals surface area contributed by atoms with Crippen molar-refractivity contribution < 1.29 is 9.53 Å². The second-order valence-corrected chi connectivity index (χ2v) is 6.57. The van der Waals surface area contributed by atoms with Crippen molar-refractivity contribution >= 4 is 23.7 Å². The molecule has 9 heteroatoms. The zero-order valence-electron chi connectivity index (χ0n) is 16.1. The van der Waals surface area contributed by atoms with Crippen LogP contribution in [0.25, 0.3) is 5.69 Å². The van der Waals surface area contributed by atoms with Crippen LogP contribution in [0.2, 0.25) is 5.02 Å². The summed E-state index contributed by atoms with van der Waals surface area (Å²) in [6, 6.07) is 15.2. The summed E-state index contributed by atoms with van der Waals surface area (Å²) < 4.78 is 6.13. The molecule has 0 spiro atoms. The predicted molar refractivity (Wildman–Crippen MR) is 112 cm³/mol. The quantitative estimate of drug-likeness (QED) is 0.503. The highest BCUT2D eigenvalue weighted by Gasteiger charge is 2.20. The Morgan fingerprint density at radius 3 is 2.70 bits per heavy atom. The molecule has 1 N–H and O–H groups in total. The third-order valence-corrected chi connectivity index (χ3v) is 4.46. The van der Waals surface area contributed by atoms with Crippen molar-refractivity contribution in [1.82, 2.24) is 15.2 Å². The molecule has 3 aromatic rings. The lowest BCUT2D eigenvalue weighted by Gasteiger charge is -2.10. The molecule has 2 aromatic carbocycles. The third kappa shape index (κ3) is 4.37. The average molecular weight is 422 g/mol. The number of hydrogen-bond donors (Lipinski definition) is 1. The summed E-state index contributed by atoms with van der Waals surface area (Å²) in [4.78, 5) is 25.3. The molecule has 150 valence electrons. The van der Waals surface area contributed by atoms with E-state index in [2.05, 4.69) is 15.6 Å². The molecule has 0 bridgehead atoms. The van der Waals surface area contributed by atoms with Crippen molar-refractivity contribution in [3.8, 4) is 17.5 Å². The van der Waals surface area contributed by atoms with Gasteiger partial charge >= 0.3 is 0 Å². The summed E-state index contributed by atoms with van der Waals surface area (Å²) in [5.41, 5.74) is 2.71. The normalized spacial score (nSPS) is 10.6. The first kappa shape index (κ1) is 20.8. The van der Waals surface area contributed by atoms with E-state index in [9.17, 15) is 14.9 Å². The Hall–Kier alpha value is -3.96. The first-order valence-corrected chi connectivity index (χ1v) is 9.10. The van der Waals surface area contributed by atoms with Gasteiger partial charge in [-0.05, 0) is 48.9 Å². The Labute approximate surface area is 177 Å². The standard InChI is InChI=1S/C21H16ClN5O3/c1-13-18(11-23)21(29)27(16-8-6-15(22)7-9-16)26-19(13)20(28)25-24-12-14-4-3-5-17(10-14)30-2/h3-10,12H,1-2H3,(H,25,28)/b24-12+. The molecular weight excluding hydrogens is 406 g/mol. The Kier molecular flexibility index (Phi) is 6.25. The Morgan fingerprint density at radius 2 is 2.03 bits per heavy atom. The second kappa shape index (κ2) is 9.03. The number of nitrogens with one attached hydrogen (secondary N) is 1. The number of carbonyl (C=O) groups excluding carboxylic acids is 1. The molecule has 0 fully saturated rings. The third-order valence-electron chi connectivity index (χ3n) is 4.21. The van der Waals surface area contributed by atoms with E-state index in [-0.39, 0.29) is 16.8 Å². The number of carbonyl (C=O) groups is 1. The van der Waals surface area contributed by atoms with Crippen molar-refractivity contribution in [2.45, 2.75) is 6.92 Å². The second-order valence-electron chi connectivity index (χ2n) is 6.13. The number of hydrazone groups is 1. The van der Waals surface area contributed by atoms with Gasteiger partial charge in [-0.1, -0.05) is 23.7 Å². The van der Waals surface area contributed by atoms with E-state index < -0.39 is 11.5 Å². The smallest absolute Gasteiger partial charge is 0.292 e. The van der Waals surface area contributed by atoms with E-state index in [1.807, 2.05) is 6.07 Å². The van der Waals surface area contributed by atoms with E-state index in [0.29, 0.717) is 22.0 Å². The minimum absolute atomic E-state index is 0.0936. The number of hydrogen-bond acceptors (Lipinski definition) is 6. The summed E-state index contributed by atoms with van der Waals surface area (Å²) >= 11 is 5.88. The molecule has 0 aliphatic heterocycles. The van der Waals surface area contributed by atoms with Crippen LogP contribution in [0.5, 0.6) is 5.75 Å². The number of nitriles is 1. The minimum atomic E-state index is -0.661. The van der Waals surface area contributed by atoms with E-state index in [0.717, 1.165) is 4.68 Å². The summed E-state index contributed by atoms with van der Waals surface area (Å²) in [5, 5.41) is 17.9. The van der Waals surface area contributed by atoms with E-state index >= 15 is 0 Å². The van der Waals surface area contributed by atoms with Crippen LogP contribution in [0, 0.1) is 18.3 Å².